The summed E-state index contributed by atoms with van der Waals surface area (Å²) in [6.45, 7) is 22.1. The SMILES string of the molecule is [C-]#[N+]/C=C(/C1CCCC1)n1cc(C(c2cncnc2N(C(=O)OC(C)(C)C)C(=O)OC(C)(C)C)C(OCC)OCC)cn1. The van der Waals surface area contributed by atoms with Gasteiger partial charge in [-0.3, -0.25) is 4.68 Å². The highest BCUT2D eigenvalue weighted by molar-refractivity contribution is 6.09. The molecular weight excluding hydrogens is 552 g/mol. The summed E-state index contributed by atoms with van der Waals surface area (Å²) in [7, 11) is 0. The summed E-state index contributed by atoms with van der Waals surface area (Å²) in [5.41, 5.74) is 0.0228. The number of hydrogen-bond acceptors (Lipinski definition) is 9. The Morgan fingerprint density at radius 1 is 1.05 bits per heavy atom. The third kappa shape index (κ3) is 9.08. The number of hydrogen-bond donors (Lipinski definition) is 0. The molecule has 1 saturated carbocycles. The van der Waals surface area contributed by atoms with E-state index >= 15 is 0 Å². The minimum atomic E-state index is -0.955. The van der Waals surface area contributed by atoms with Crippen LogP contribution < -0.4 is 4.90 Å². The second kappa shape index (κ2) is 14.6. The molecule has 0 spiro atoms. The number of carbonyl (C=O) groups is 2. The van der Waals surface area contributed by atoms with Crippen molar-refractivity contribution in [2.45, 2.75) is 104 Å². The van der Waals surface area contributed by atoms with E-state index in [1.165, 1.54) is 18.7 Å². The lowest BCUT2D eigenvalue weighted by molar-refractivity contribution is -0.143. The van der Waals surface area contributed by atoms with Crippen molar-refractivity contribution in [2.24, 2.45) is 5.92 Å². The molecule has 0 radical (unpaired) electrons. The van der Waals surface area contributed by atoms with Gasteiger partial charge in [0.2, 0.25) is 0 Å². The number of aromatic nitrogens is 4. The van der Waals surface area contributed by atoms with E-state index in [0.29, 0.717) is 24.3 Å². The van der Waals surface area contributed by atoms with Crippen LogP contribution in [-0.2, 0) is 18.9 Å². The van der Waals surface area contributed by atoms with Gasteiger partial charge in [0.05, 0.1) is 18.7 Å². The summed E-state index contributed by atoms with van der Waals surface area (Å²) in [6.07, 6.45) is 9.19. The molecular formula is C31H44N6O6. The van der Waals surface area contributed by atoms with Gasteiger partial charge >= 0.3 is 12.2 Å². The van der Waals surface area contributed by atoms with Crippen LogP contribution in [-0.4, -0.2) is 62.6 Å². The summed E-state index contributed by atoms with van der Waals surface area (Å²) >= 11 is 0. The maximum Gasteiger partial charge on any atom is 0.425 e. The number of nitrogens with zero attached hydrogens (tertiary/aromatic N) is 6. The summed E-state index contributed by atoms with van der Waals surface area (Å²) in [5, 5.41) is 4.63. The van der Waals surface area contributed by atoms with Crippen molar-refractivity contribution in [3.63, 3.8) is 0 Å². The van der Waals surface area contributed by atoms with Gasteiger partial charge in [-0.05, 0) is 74.1 Å². The van der Waals surface area contributed by atoms with E-state index in [4.69, 9.17) is 25.5 Å². The van der Waals surface area contributed by atoms with Crippen LogP contribution >= 0.6 is 0 Å². The van der Waals surface area contributed by atoms with Gasteiger partial charge in [0.1, 0.15) is 17.5 Å². The molecule has 1 unspecified atom stereocenters. The average molecular weight is 597 g/mol. The number of amides is 2. The number of ether oxygens (including phenoxy) is 4. The van der Waals surface area contributed by atoms with Crippen LogP contribution in [0.2, 0.25) is 0 Å². The predicted octanol–water partition coefficient (Wildman–Crippen LogP) is 6.79. The van der Waals surface area contributed by atoms with Crippen LogP contribution in [0.3, 0.4) is 0 Å². The number of imide groups is 1. The number of anilines is 1. The molecule has 2 aromatic heterocycles. The first-order valence-corrected chi connectivity index (χ1v) is 14.7. The Morgan fingerprint density at radius 3 is 2.14 bits per heavy atom. The first kappa shape index (κ1) is 33.7. The summed E-state index contributed by atoms with van der Waals surface area (Å²) in [5.74, 6) is -0.538. The van der Waals surface area contributed by atoms with Gasteiger partial charge in [0.25, 0.3) is 0 Å². The smallest absolute Gasteiger partial charge is 0.425 e. The third-order valence-corrected chi connectivity index (χ3v) is 6.55. The Balaban J connectivity index is 2.21. The maximum absolute atomic E-state index is 13.6. The average Bonchev–Trinajstić information content (AvgIpc) is 3.60. The zero-order chi connectivity index (χ0) is 31.8. The number of carbonyl (C=O) groups excluding carboxylic acids is 2. The van der Waals surface area contributed by atoms with Crippen LogP contribution in [0.1, 0.15) is 98.1 Å². The van der Waals surface area contributed by atoms with Crippen LogP contribution in [0.5, 0.6) is 0 Å². The molecule has 2 heterocycles. The zero-order valence-corrected chi connectivity index (χ0v) is 26.5. The standard InChI is InChI=1S/C31H44N6O6/c1-10-40-27(41-11-2)25(22-16-35-36(19-22)24(18-32-9)21-14-12-13-15-21)23-17-33-20-34-26(23)37(28(38)42-30(3,4)5)29(39)43-31(6,7)8/h16-21,25,27H,10-15H2,1-8H3/b24-18-. The summed E-state index contributed by atoms with van der Waals surface area (Å²) in [4.78, 5) is 40.1. The molecule has 0 bridgehead atoms. The Bertz CT molecular complexity index is 1280. The first-order valence-electron chi connectivity index (χ1n) is 14.7. The van der Waals surface area contributed by atoms with Gasteiger partial charge in [-0.1, -0.05) is 12.8 Å². The summed E-state index contributed by atoms with van der Waals surface area (Å²) in [6, 6.07) is 0. The van der Waals surface area contributed by atoms with Gasteiger partial charge in [0, 0.05) is 42.4 Å². The van der Waals surface area contributed by atoms with Crippen LogP contribution in [0, 0.1) is 12.5 Å². The Kier molecular flexibility index (Phi) is 11.4. The Labute approximate surface area is 254 Å². The molecule has 2 amide bonds. The monoisotopic (exact) mass is 596 g/mol. The Hall–Kier alpha value is -3.82. The zero-order valence-electron chi connectivity index (χ0n) is 26.5. The molecule has 1 fully saturated rings. The van der Waals surface area contributed by atoms with Gasteiger partial charge < -0.3 is 18.9 Å². The second-order valence-corrected chi connectivity index (χ2v) is 12.2. The molecule has 3 rings (SSSR count). The molecule has 43 heavy (non-hydrogen) atoms. The molecule has 0 aromatic carbocycles. The van der Waals surface area contributed by atoms with Crippen molar-refractivity contribution in [1.29, 1.82) is 0 Å². The predicted molar refractivity (Wildman–Crippen MR) is 161 cm³/mol. The minimum Gasteiger partial charge on any atom is -0.443 e. The lowest BCUT2D eigenvalue weighted by atomic mass is 9.93. The molecule has 1 atom stereocenters. The largest absolute Gasteiger partial charge is 0.443 e. The number of rotatable bonds is 10. The summed E-state index contributed by atoms with van der Waals surface area (Å²) < 4.78 is 25.1. The Morgan fingerprint density at radius 2 is 1.63 bits per heavy atom. The molecule has 0 N–H and O–H groups in total. The highest BCUT2D eigenvalue weighted by atomic mass is 16.7. The van der Waals surface area contributed by atoms with Gasteiger partial charge in [-0.15, -0.1) is 0 Å². The number of allylic oxidation sites excluding steroid dienone is 1. The van der Waals surface area contributed by atoms with Gasteiger partial charge in [0.15, 0.2) is 18.3 Å². The normalized spacial score (nSPS) is 15.3. The molecule has 1 aliphatic carbocycles. The van der Waals surface area contributed by atoms with E-state index in [-0.39, 0.29) is 11.7 Å². The molecule has 0 saturated heterocycles. The lowest BCUT2D eigenvalue weighted by Crippen LogP contribution is -2.45. The fourth-order valence-corrected chi connectivity index (χ4v) is 4.93. The molecule has 2 aromatic rings. The molecule has 0 aliphatic heterocycles. The molecule has 12 heteroatoms. The fraction of sp³-hybridized carbons (Fsp3) is 0.613. The minimum absolute atomic E-state index is 0.0339. The quantitative estimate of drug-likeness (QED) is 0.215. The fourth-order valence-electron chi connectivity index (χ4n) is 4.93. The van der Waals surface area contributed by atoms with Crippen LogP contribution in [0.15, 0.2) is 31.1 Å². The van der Waals surface area contributed by atoms with E-state index in [1.54, 1.807) is 52.4 Å². The van der Waals surface area contributed by atoms with E-state index in [9.17, 15) is 9.59 Å². The molecule has 12 nitrogen and oxygen atoms in total. The van der Waals surface area contributed by atoms with Crippen molar-refractivity contribution in [1.82, 2.24) is 19.7 Å². The highest BCUT2D eigenvalue weighted by Crippen LogP contribution is 2.38. The van der Waals surface area contributed by atoms with Crippen molar-refractivity contribution in [2.75, 3.05) is 18.1 Å². The lowest BCUT2D eigenvalue weighted by Gasteiger charge is -2.31. The van der Waals surface area contributed by atoms with E-state index in [1.807, 2.05) is 20.0 Å². The molecule has 234 valence electrons. The van der Waals surface area contributed by atoms with E-state index in [2.05, 4.69) is 19.9 Å². The van der Waals surface area contributed by atoms with Gasteiger partial charge in [-0.25, -0.2) is 24.4 Å². The van der Waals surface area contributed by atoms with Crippen LogP contribution in [0.25, 0.3) is 10.5 Å². The van der Waals surface area contributed by atoms with E-state index < -0.39 is 35.6 Å². The second-order valence-electron chi connectivity index (χ2n) is 12.2. The molecule has 1 aliphatic rings. The van der Waals surface area contributed by atoms with Crippen molar-refractivity contribution in [3.05, 3.63) is 53.7 Å². The first-order chi connectivity index (χ1) is 20.3. The van der Waals surface area contributed by atoms with Crippen molar-refractivity contribution < 1.29 is 28.5 Å². The third-order valence-electron chi connectivity index (χ3n) is 6.55. The van der Waals surface area contributed by atoms with Crippen molar-refractivity contribution >= 4 is 23.7 Å². The topological polar surface area (TPSA) is 122 Å². The highest BCUT2D eigenvalue weighted by Gasteiger charge is 2.39. The van der Waals surface area contributed by atoms with Crippen LogP contribution in [0.4, 0.5) is 15.4 Å². The van der Waals surface area contributed by atoms with Crippen molar-refractivity contribution in [3.8, 4) is 0 Å². The maximum atomic E-state index is 13.6. The van der Waals surface area contributed by atoms with E-state index in [0.717, 1.165) is 36.3 Å². The van der Waals surface area contributed by atoms with Gasteiger partial charge in [-0.2, -0.15) is 10.00 Å².